The zero-order valence-electron chi connectivity index (χ0n) is 12.3. The number of rotatable bonds is 6. The molecule has 1 fully saturated rings. The van der Waals surface area contributed by atoms with Crippen molar-refractivity contribution in [3.05, 3.63) is 24.3 Å². The second-order valence-corrected chi connectivity index (χ2v) is 5.18. The fraction of sp³-hybridized carbons (Fsp3) is 0.533. The number of ether oxygens (including phenoxy) is 2. The minimum Gasteiger partial charge on any atom is -0.493 e. The highest BCUT2D eigenvalue weighted by Crippen LogP contribution is 2.29. The van der Waals surface area contributed by atoms with E-state index >= 15 is 0 Å². The van der Waals surface area contributed by atoms with Crippen LogP contribution in [0.15, 0.2) is 24.3 Å². The van der Waals surface area contributed by atoms with Crippen molar-refractivity contribution < 1.29 is 14.3 Å². The normalized spacial score (nSPS) is 15.9. The molecule has 21 heavy (non-hydrogen) atoms. The van der Waals surface area contributed by atoms with E-state index in [4.69, 9.17) is 15.2 Å². The molecule has 0 saturated heterocycles. The summed E-state index contributed by atoms with van der Waals surface area (Å²) in [6.45, 7) is 0.454. The van der Waals surface area contributed by atoms with Crippen molar-refractivity contribution in [3.8, 4) is 11.5 Å². The number of halogens is 1. The number of amides is 1. The molecule has 1 aliphatic carbocycles. The second-order valence-electron chi connectivity index (χ2n) is 5.18. The van der Waals surface area contributed by atoms with Gasteiger partial charge in [0.1, 0.15) is 0 Å². The topological polar surface area (TPSA) is 73.6 Å². The van der Waals surface area contributed by atoms with E-state index in [0.717, 1.165) is 25.7 Å². The zero-order valence-corrected chi connectivity index (χ0v) is 13.1. The summed E-state index contributed by atoms with van der Waals surface area (Å²) in [6, 6.07) is 7.27. The van der Waals surface area contributed by atoms with Gasteiger partial charge in [-0.2, -0.15) is 0 Å². The summed E-state index contributed by atoms with van der Waals surface area (Å²) in [5, 5.41) is 3.02. The molecule has 1 amide bonds. The molecule has 2 rings (SSSR count). The summed E-state index contributed by atoms with van der Waals surface area (Å²) in [5.74, 6) is 1.05. The van der Waals surface area contributed by atoms with Crippen LogP contribution in [0.2, 0.25) is 0 Å². The number of carbonyl (C=O) groups excluding carboxylic acids is 1. The lowest BCUT2D eigenvalue weighted by Crippen LogP contribution is -2.52. The SMILES string of the molecule is COc1ccccc1OCC(=O)NC1(CN)CCCC1.Cl. The van der Waals surface area contributed by atoms with Gasteiger partial charge in [0.15, 0.2) is 18.1 Å². The van der Waals surface area contributed by atoms with Crippen LogP contribution in [0.5, 0.6) is 11.5 Å². The molecule has 0 aliphatic heterocycles. The Morgan fingerprint density at radius 2 is 1.90 bits per heavy atom. The van der Waals surface area contributed by atoms with Crippen LogP contribution in [0, 0.1) is 0 Å². The highest BCUT2D eigenvalue weighted by atomic mass is 35.5. The summed E-state index contributed by atoms with van der Waals surface area (Å²) in [5.41, 5.74) is 5.56. The lowest BCUT2D eigenvalue weighted by Gasteiger charge is -2.28. The van der Waals surface area contributed by atoms with Crippen LogP contribution < -0.4 is 20.5 Å². The molecule has 0 atom stereocenters. The van der Waals surface area contributed by atoms with E-state index < -0.39 is 0 Å². The fourth-order valence-corrected chi connectivity index (χ4v) is 2.65. The van der Waals surface area contributed by atoms with Crippen LogP contribution in [0.25, 0.3) is 0 Å². The summed E-state index contributed by atoms with van der Waals surface area (Å²) in [7, 11) is 1.57. The fourth-order valence-electron chi connectivity index (χ4n) is 2.65. The van der Waals surface area contributed by atoms with Gasteiger partial charge in [0.25, 0.3) is 5.91 Å². The van der Waals surface area contributed by atoms with Gasteiger partial charge in [-0.3, -0.25) is 4.79 Å². The molecule has 0 radical (unpaired) electrons. The Hall–Kier alpha value is -1.46. The number of hydrogen-bond acceptors (Lipinski definition) is 4. The van der Waals surface area contributed by atoms with Gasteiger partial charge in [-0.25, -0.2) is 0 Å². The van der Waals surface area contributed by atoms with E-state index in [1.807, 2.05) is 12.1 Å². The third-order valence-corrected chi connectivity index (χ3v) is 3.78. The van der Waals surface area contributed by atoms with Crippen molar-refractivity contribution >= 4 is 18.3 Å². The highest BCUT2D eigenvalue weighted by Gasteiger charge is 2.33. The van der Waals surface area contributed by atoms with Crippen molar-refractivity contribution in [2.45, 2.75) is 31.2 Å². The molecular weight excluding hydrogens is 292 g/mol. The minimum atomic E-state index is -0.235. The third kappa shape index (κ3) is 4.51. The average Bonchev–Trinajstić information content (AvgIpc) is 2.94. The monoisotopic (exact) mass is 314 g/mol. The molecule has 118 valence electrons. The maximum absolute atomic E-state index is 12.0. The molecule has 3 N–H and O–H groups in total. The maximum Gasteiger partial charge on any atom is 0.258 e. The first-order valence-corrected chi connectivity index (χ1v) is 6.96. The largest absolute Gasteiger partial charge is 0.493 e. The van der Waals surface area contributed by atoms with E-state index in [9.17, 15) is 4.79 Å². The van der Waals surface area contributed by atoms with Gasteiger partial charge in [0, 0.05) is 6.54 Å². The number of nitrogens with one attached hydrogen (secondary N) is 1. The zero-order chi connectivity index (χ0) is 14.4. The first-order valence-electron chi connectivity index (χ1n) is 6.96. The van der Waals surface area contributed by atoms with Gasteiger partial charge in [-0.05, 0) is 25.0 Å². The molecule has 0 heterocycles. The number of hydrogen-bond donors (Lipinski definition) is 2. The van der Waals surface area contributed by atoms with Crippen molar-refractivity contribution in [1.29, 1.82) is 0 Å². The number of benzene rings is 1. The van der Waals surface area contributed by atoms with Crippen LogP contribution in [0.3, 0.4) is 0 Å². The Bertz CT molecular complexity index is 462. The third-order valence-electron chi connectivity index (χ3n) is 3.78. The summed E-state index contributed by atoms with van der Waals surface area (Å²) in [6.07, 6.45) is 4.13. The first-order chi connectivity index (χ1) is 9.69. The van der Waals surface area contributed by atoms with Crippen molar-refractivity contribution in [2.75, 3.05) is 20.3 Å². The average molecular weight is 315 g/mol. The number of methoxy groups -OCH3 is 1. The van der Waals surface area contributed by atoms with Crippen LogP contribution >= 0.6 is 12.4 Å². The molecule has 1 aliphatic rings. The Balaban J connectivity index is 0.00000220. The molecule has 0 unspecified atom stereocenters. The predicted octanol–water partition coefficient (Wildman–Crippen LogP) is 1.88. The van der Waals surface area contributed by atoms with Crippen LogP contribution in [-0.2, 0) is 4.79 Å². The van der Waals surface area contributed by atoms with E-state index in [0.29, 0.717) is 18.0 Å². The minimum absolute atomic E-state index is 0. The summed E-state index contributed by atoms with van der Waals surface area (Å²) >= 11 is 0. The Kier molecular flexibility index (Phi) is 6.78. The van der Waals surface area contributed by atoms with Crippen molar-refractivity contribution in [1.82, 2.24) is 5.32 Å². The standard InChI is InChI=1S/C15H22N2O3.ClH/c1-19-12-6-2-3-7-13(12)20-10-14(18)17-15(11-16)8-4-5-9-15;/h2-3,6-7H,4-5,8-11,16H2,1H3,(H,17,18);1H. The van der Waals surface area contributed by atoms with E-state index in [-0.39, 0.29) is 30.5 Å². The quantitative estimate of drug-likeness (QED) is 0.841. The van der Waals surface area contributed by atoms with Gasteiger partial charge in [-0.15, -0.1) is 12.4 Å². The molecule has 6 heteroatoms. The molecular formula is C15H23ClN2O3. The lowest BCUT2D eigenvalue weighted by molar-refractivity contribution is -0.124. The number of para-hydroxylation sites is 2. The summed E-state index contributed by atoms with van der Waals surface area (Å²) in [4.78, 5) is 12.0. The molecule has 1 aromatic rings. The predicted molar refractivity (Wildman–Crippen MR) is 84.1 cm³/mol. The van der Waals surface area contributed by atoms with Crippen molar-refractivity contribution in [3.63, 3.8) is 0 Å². The Morgan fingerprint density at radius 1 is 1.29 bits per heavy atom. The number of nitrogens with two attached hydrogens (primary N) is 1. The van der Waals surface area contributed by atoms with E-state index in [1.165, 1.54) is 0 Å². The highest BCUT2D eigenvalue weighted by molar-refractivity contribution is 5.85. The molecule has 0 spiro atoms. The van der Waals surface area contributed by atoms with Gasteiger partial charge >= 0.3 is 0 Å². The Labute approximate surface area is 131 Å². The molecule has 1 saturated carbocycles. The van der Waals surface area contributed by atoms with Crippen LogP contribution in [0.4, 0.5) is 0 Å². The van der Waals surface area contributed by atoms with Gasteiger partial charge in [-0.1, -0.05) is 25.0 Å². The molecule has 1 aromatic carbocycles. The second kappa shape index (κ2) is 8.10. The van der Waals surface area contributed by atoms with Crippen molar-refractivity contribution in [2.24, 2.45) is 5.73 Å². The summed E-state index contributed by atoms with van der Waals surface area (Å²) < 4.78 is 10.7. The Morgan fingerprint density at radius 3 is 2.48 bits per heavy atom. The van der Waals surface area contributed by atoms with Gasteiger partial charge in [0.2, 0.25) is 0 Å². The molecule has 0 aromatic heterocycles. The lowest BCUT2D eigenvalue weighted by atomic mass is 9.98. The number of carbonyl (C=O) groups is 1. The van der Waals surface area contributed by atoms with E-state index in [2.05, 4.69) is 5.32 Å². The van der Waals surface area contributed by atoms with Crippen LogP contribution in [-0.4, -0.2) is 31.7 Å². The molecule has 0 bridgehead atoms. The van der Waals surface area contributed by atoms with Gasteiger partial charge < -0.3 is 20.5 Å². The molecule has 5 nitrogen and oxygen atoms in total. The smallest absolute Gasteiger partial charge is 0.258 e. The van der Waals surface area contributed by atoms with Crippen LogP contribution in [0.1, 0.15) is 25.7 Å². The van der Waals surface area contributed by atoms with E-state index in [1.54, 1.807) is 19.2 Å². The van der Waals surface area contributed by atoms with Gasteiger partial charge in [0.05, 0.1) is 12.6 Å². The first kappa shape index (κ1) is 17.6. The maximum atomic E-state index is 12.0.